The fourth-order valence-electron chi connectivity index (χ4n) is 0.401. The summed E-state index contributed by atoms with van der Waals surface area (Å²) in [6.45, 7) is 11.0. The summed E-state index contributed by atoms with van der Waals surface area (Å²) in [4.78, 5) is 0. The van der Waals surface area contributed by atoms with Crippen molar-refractivity contribution in [1.29, 1.82) is 0 Å². The van der Waals surface area contributed by atoms with Gasteiger partial charge in [-0.3, -0.25) is 0 Å². The van der Waals surface area contributed by atoms with E-state index in [0.29, 0.717) is 5.73 Å². The Labute approximate surface area is 65.1 Å². The Hall–Kier alpha value is -0.243. The van der Waals surface area contributed by atoms with Crippen LogP contribution < -0.4 is 0 Å². The Morgan fingerprint density at radius 1 is 1.30 bits per heavy atom. The Bertz CT molecular complexity index is 113. The van der Waals surface area contributed by atoms with E-state index in [4.69, 9.17) is 4.74 Å². The van der Waals surface area contributed by atoms with Crippen LogP contribution >= 0.6 is 0 Å². The lowest BCUT2D eigenvalue weighted by atomic mass is 10.7. The summed E-state index contributed by atoms with van der Waals surface area (Å²) < 4.78 is 5.44. The second kappa shape index (κ2) is 3.81. The molecule has 0 saturated carbocycles. The van der Waals surface area contributed by atoms with E-state index < -0.39 is 8.07 Å². The Morgan fingerprint density at radius 2 is 1.80 bits per heavy atom. The minimum atomic E-state index is -1.07. The van der Waals surface area contributed by atoms with Crippen LogP contribution in [-0.2, 0) is 4.74 Å². The van der Waals surface area contributed by atoms with Crippen LogP contribution in [0.5, 0.6) is 0 Å². The SMILES string of the molecule is CC=COC(C)[Si](C)(C)C. The zero-order valence-electron chi connectivity index (χ0n) is 7.64. The monoisotopic (exact) mass is 158 g/mol. The van der Waals surface area contributed by atoms with Crippen molar-refractivity contribution in [3.63, 3.8) is 0 Å². The molecule has 10 heavy (non-hydrogen) atoms. The third-order valence-electron chi connectivity index (χ3n) is 1.64. The summed E-state index contributed by atoms with van der Waals surface area (Å²) >= 11 is 0. The van der Waals surface area contributed by atoms with Gasteiger partial charge in [-0.15, -0.1) is 0 Å². The fourth-order valence-corrected chi connectivity index (χ4v) is 0.887. The topological polar surface area (TPSA) is 9.23 Å². The van der Waals surface area contributed by atoms with Crippen LogP contribution in [0.25, 0.3) is 0 Å². The molecular formula is C8H18OSi. The van der Waals surface area contributed by atoms with Crippen molar-refractivity contribution in [2.75, 3.05) is 0 Å². The van der Waals surface area contributed by atoms with E-state index in [9.17, 15) is 0 Å². The summed E-state index contributed by atoms with van der Waals surface area (Å²) in [7, 11) is -1.07. The summed E-state index contributed by atoms with van der Waals surface area (Å²) in [5, 5.41) is 0. The van der Waals surface area contributed by atoms with Crippen molar-refractivity contribution in [3.05, 3.63) is 12.3 Å². The van der Waals surface area contributed by atoms with Gasteiger partial charge in [-0.25, -0.2) is 0 Å². The maximum atomic E-state index is 5.44. The van der Waals surface area contributed by atoms with Gasteiger partial charge in [0.2, 0.25) is 0 Å². The standard InChI is InChI=1S/C8H18OSi/c1-6-7-9-8(2)10(3,4)5/h6-8H,1-5H3. The van der Waals surface area contributed by atoms with Crippen LogP contribution in [0.15, 0.2) is 12.3 Å². The molecule has 0 aliphatic rings. The van der Waals surface area contributed by atoms with Gasteiger partial charge in [-0.2, -0.15) is 0 Å². The van der Waals surface area contributed by atoms with E-state index in [1.165, 1.54) is 0 Å². The minimum Gasteiger partial charge on any atom is -0.502 e. The molecule has 0 amide bonds. The lowest BCUT2D eigenvalue weighted by Crippen LogP contribution is -2.36. The molecule has 60 valence electrons. The molecule has 1 nitrogen and oxygen atoms in total. The maximum Gasteiger partial charge on any atom is 0.0928 e. The van der Waals surface area contributed by atoms with Gasteiger partial charge in [0, 0.05) is 0 Å². The lowest BCUT2D eigenvalue weighted by Gasteiger charge is -2.23. The fraction of sp³-hybridized carbons (Fsp3) is 0.750. The van der Waals surface area contributed by atoms with E-state index in [0.717, 1.165) is 0 Å². The predicted molar refractivity (Wildman–Crippen MR) is 48.7 cm³/mol. The Morgan fingerprint density at radius 3 is 2.10 bits per heavy atom. The predicted octanol–water partition coefficient (Wildman–Crippen LogP) is 2.80. The first kappa shape index (κ1) is 9.76. The van der Waals surface area contributed by atoms with E-state index in [1.807, 2.05) is 13.0 Å². The highest BCUT2D eigenvalue weighted by Crippen LogP contribution is 2.10. The molecule has 0 bridgehead atoms. The van der Waals surface area contributed by atoms with Gasteiger partial charge in [0.25, 0.3) is 0 Å². The summed E-state index contributed by atoms with van der Waals surface area (Å²) in [5.41, 5.74) is 0.420. The first-order valence-corrected chi connectivity index (χ1v) is 7.33. The molecule has 0 spiro atoms. The molecule has 2 heteroatoms. The number of hydrogen-bond acceptors (Lipinski definition) is 1. The molecule has 1 unspecified atom stereocenters. The van der Waals surface area contributed by atoms with Crippen LogP contribution in [0.4, 0.5) is 0 Å². The van der Waals surface area contributed by atoms with Gasteiger partial charge in [0.15, 0.2) is 0 Å². The number of ether oxygens (including phenoxy) is 1. The molecule has 0 rings (SSSR count). The minimum absolute atomic E-state index is 0.420. The van der Waals surface area contributed by atoms with Gasteiger partial charge in [-0.1, -0.05) is 25.7 Å². The average Bonchev–Trinajstić information content (AvgIpc) is 1.80. The average molecular weight is 158 g/mol. The molecular weight excluding hydrogens is 140 g/mol. The zero-order chi connectivity index (χ0) is 8.20. The van der Waals surface area contributed by atoms with Crippen LogP contribution in [0.3, 0.4) is 0 Å². The van der Waals surface area contributed by atoms with Gasteiger partial charge >= 0.3 is 0 Å². The zero-order valence-corrected chi connectivity index (χ0v) is 8.64. The smallest absolute Gasteiger partial charge is 0.0928 e. The van der Waals surface area contributed by atoms with Gasteiger partial charge in [-0.05, 0) is 13.8 Å². The molecule has 0 saturated heterocycles. The maximum absolute atomic E-state index is 5.44. The largest absolute Gasteiger partial charge is 0.502 e. The third kappa shape index (κ3) is 3.72. The van der Waals surface area contributed by atoms with E-state index in [1.54, 1.807) is 6.26 Å². The van der Waals surface area contributed by atoms with Crippen LogP contribution in [0.2, 0.25) is 19.6 Å². The van der Waals surface area contributed by atoms with Crippen molar-refractivity contribution < 1.29 is 4.74 Å². The highest BCUT2D eigenvalue weighted by molar-refractivity contribution is 6.77. The van der Waals surface area contributed by atoms with Gasteiger partial charge < -0.3 is 4.74 Å². The normalized spacial score (nSPS) is 15.7. The van der Waals surface area contributed by atoms with E-state index in [2.05, 4.69) is 26.6 Å². The Kier molecular flexibility index (Phi) is 3.72. The van der Waals surface area contributed by atoms with Crippen molar-refractivity contribution >= 4 is 8.07 Å². The van der Waals surface area contributed by atoms with Crippen molar-refractivity contribution in [2.45, 2.75) is 39.2 Å². The molecule has 0 aromatic rings. The highest BCUT2D eigenvalue weighted by Gasteiger charge is 2.22. The van der Waals surface area contributed by atoms with Crippen molar-refractivity contribution in [2.24, 2.45) is 0 Å². The van der Waals surface area contributed by atoms with Crippen LogP contribution in [-0.4, -0.2) is 13.8 Å². The summed E-state index contributed by atoms with van der Waals surface area (Å²) in [5.74, 6) is 0. The molecule has 0 N–H and O–H groups in total. The van der Waals surface area contributed by atoms with Crippen LogP contribution in [0.1, 0.15) is 13.8 Å². The molecule has 0 aromatic carbocycles. The number of rotatable bonds is 3. The lowest BCUT2D eigenvalue weighted by molar-refractivity contribution is 0.221. The summed E-state index contributed by atoms with van der Waals surface area (Å²) in [6, 6.07) is 0. The second-order valence-electron chi connectivity index (χ2n) is 3.61. The molecule has 0 aromatic heterocycles. The van der Waals surface area contributed by atoms with E-state index >= 15 is 0 Å². The Balaban J connectivity index is 3.73. The second-order valence-corrected chi connectivity index (χ2v) is 9.16. The van der Waals surface area contributed by atoms with Gasteiger partial charge in [0.05, 0.1) is 20.1 Å². The highest BCUT2D eigenvalue weighted by atomic mass is 28.3. The van der Waals surface area contributed by atoms with Crippen LogP contribution in [0, 0.1) is 0 Å². The molecule has 0 aliphatic carbocycles. The molecule has 1 atom stereocenters. The number of hydrogen-bond donors (Lipinski definition) is 0. The van der Waals surface area contributed by atoms with Crippen molar-refractivity contribution in [1.82, 2.24) is 0 Å². The van der Waals surface area contributed by atoms with Gasteiger partial charge in [0.1, 0.15) is 0 Å². The molecule has 0 radical (unpaired) electrons. The molecule has 0 aliphatic heterocycles. The van der Waals surface area contributed by atoms with E-state index in [-0.39, 0.29) is 0 Å². The first-order valence-electron chi connectivity index (χ1n) is 3.75. The first-order chi connectivity index (χ1) is 4.48. The third-order valence-corrected chi connectivity index (χ3v) is 4.21. The number of allylic oxidation sites excluding steroid dienone is 1. The molecule has 0 heterocycles. The molecule has 0 fully saturated rings. The van der Waals surface area contributed by atoms with Crippen molar-refractivity contribution in [3.8, 4) is 0 Å². The summed E-state index contributed by atoms with van der Waals surface area (Å²) in [6.07, 6.45) is 3.71. The quantitative estimate of drug-likeness (QED) is 0.453.